The Morgan fingerprint density at radius 2 is 2.27 bits per heavy atom. The summed E-state index contributed by atoms with van der Waals surface area (Å²) in [7, 11) is 0. The zero-order chi connectivity index (χ0) is 11.6. The molecule has 0 saturated heterocycles. The zero-order valence-electron chi connectivity index (χ0n) is 7.23. The second-order valence-electron chi connectivity index (χ2n) is 2.57. The highest BCUT2D eigenvalue weighted by molar-refractivity contribution is 7.80. The monoisotopic (exact) mass is 247 g/mol. The number of hydrogen-bond donors (Lipinski definition) is 3. The van der Waals surface area contributed by atoms with Crippen molar-refractivity contribution in [3.05, 3.63) is 27.3 Å². The summed E-state index contributed by atoms with van der Waals surface area (Å²) in [5, 5.41) is 22.1. The summed E-state index contributed by atoms with van der Waals surface area (Å²) in [6.45, 7) is 0. The Morgan fingerprint density at radius 3 is 2.73 bits per heavy atom. The first kappa shape index (κ1) is 11.5. The second-order valence-corrected chi connectivity index (χ2v) is 3.41. The van der Waals surface area contributed by atoms with E-state index in [1.54, 1.807) is 0 Å². The number of phenolic OH excluding ortho intramolecular Hbond substituents is 1. The van der Waals surface area contributed by atoms with Gasteiger partial charge in [0.15, 0.2) is 5.11 Å². The SMILES string of the molecule is NC(=S)Nc1cc(Cl)c([N+](=O)[O-])cc1O. The van der Waals surface area contributed by atoms with Crippen molar-refractivity contribution in [2.24, 2.45) is 5.73 Å². The van der Waals surface area contributed by atoms with Crippen LogP contribution >= 0.6 is 23.8 Å². The maximum Gasteiger partial charge on any atom is 0.291 e. The van der Waals surface area contributed by atoms with E-state index in [1.807, 2.05) is 0 Å². The number of rotatable bonds is 2. The number of thiocarbonyl (C=S) groups is 1. The van der Waals surface area contributed by atoms with E-state index in [4.69, 9.17) is 17.3 Å². The first-order valence-corrected chi connectivity index (χ1v) is 4.44. The molecule has 4 N–H and O–H groups in total. The van der Waals surface area contributed by atoms with E-state index in [0.717, 1.165) is 6.07 Å². The molecule has 6 nitrogen and oxygen atoms in total. The van der Waals surface area contributed by atoms with Crippen molar-refractivity contribution < 1.29 is 10.0 Å². The third kappa shape index (κ3) is 2.67. The number of benzene rings is 1. The van der Waals surface area contributed by atoms with Crippen LogP contribution < -0.4 is 11.1 Å². The molecule has 1 aromatic carbocycles. The Balaban J connectivity index is 3.19. The lowest BCUT2D eigenvalue weighted by molar-refractivity contribution is -0.384. The number of nitrogens with zero attached hydrogens (tertiary/aromatic N) is 1. The molecule has 0 radical (unpaired) electrons. The van der Waals surface area contributed by atoms with Gasteiger partial charge in [-0.15, -0.1) is 0 Å². The molecule has 0 fully saturated rings. The molecule has 0 heterocycles. The van der Waals surface area contributed by atoms with Gasteiger partial charge in [0, 0.05) is 0 Å². The lowest BCUT2D eigenvalue weighted by Crippen LogP contribution is -2.18. The highest BCUT2D eigenvalue weighted by Crippen LogP contribution is 2.34. The summed E-state index contributed by atoms with van der Waals surface area (Å²) in [6, 6.07) is 2.09. The molecule has 0 aliphatic rings. The van der Waals surface area contributed by atoms with Crippen LogP contribution in [0.25, 0.3) is 0 Å². The number of hydrogen-bond acceptors (Lipinski definition) is 4. The maximum absolute atomic E-state index is 10.4. The van der Waals surface area contributed by atoms with Gasteiger partial charge in [0.05, 0.1) is 16.7 Å². The molecule has 1 aromatic rings. The molecule has 0 aliphatic carbocycles. The lowest BCUT2D eigenvalue weighted by Gasteiger charge is -2.06. The van der Waals surface area contributed by atoms with Crippen molar-refractivity contribution in [1.29, 1.82) is 0 Å². The number of aromatic hydroxyl groups is 1. The van der Waals surface area contributed by atoms with Gasteiger partial charge in [0.1, 0.15) is 10.8 Å². The van der Waals surface area contributed by atoms with E-state index in [1.165, 1.54) is 6.07 Å². The Labute approximate surface area is 94.8 Å². The Hall–Kier alpha value is -1.60. The minimum atomic E-state index is -0.702. The number of phenols is 1. The average molecular weight is 248 g/mol. The van der Waals surface area contributed by atoms with Gasteiger partial charge in [-0.2, -0.15) is 0 Å². The van der Waals surface area contributed by atoms with Gasteiger partial charge in [0.2, 0.25) is 0 Å². The predicted octanol–water partition coefficient (Wildman–Crippen LogP) is 1.61. The molecule has 15 heavy (non-hydrogen) atoms. The third-order valence-corrected chi connectivity index (χ3v) is 1.92. The van der Waals surface area contributed by atoms with Crippen LogP contribution in [0.3, 0.4) is 0 Å². The van der Waals surface area contributed by atoms with Crippen molar-refractivity contribution in [2.75, 3.05) is 5.32 Å². The van der Waals surface area contributed by atoms with E-state index < -0.39 is 4.92 Å². The Kier molecular flexibility index (Phi) is 3.28. The van der Waals surface area contributed by atoms with Crippen LogP contribution in [0.5, 0.6) is 5.75 Å². The average Bonchev–Trinajstić information content (AvgIpc) is 2.09. The van der Waals surface area contributed by atoms with Gasteiger partial charge >= 0.3 is 0 Å². The van der Waals surface area contributed by atoms with Crippen molar-refractivity contribution >= 4 is 40.3 Å². The summed E-state index contributed by atoms with van der Waals surface area (Å²) < 4.78 is 0. The smallest absolute Gasteiger partial charge is 0.291 e. The molecule has 0 saturated carbocycles. The molecule has 0 aromatic heterocycles. The van der Waals surface area contributed by atoms with Crippen molar-refractivity contribution in [3.8, 4) is 5.75 Å². The van der Waals surface area contributed by atoms with Gasteiger partial charge in [-0.1, -0.05) is 11.6 Å². The fourth-order valence-electron chi connectivity index (χ4n) is 0.924. The zero-order valence-corrected chi connectivity index (χ0v) is 8.80. The molecule has 80 valence electrons. The molecule has 0 aliphatic heterocycles. The van der Waals surface area contributed by atoms with Crippen LogP contribution in [-0.2, 0) is 0 Å². The van der Waals surface area contributed by atoms with E-state index in [2.05, 4.69) is 17.5 Å². The molecular weight excluding hydrogens is 242 g/mol. The maximum atomic E-state index is 10.4. The molecule has 8 heteroatoms. The van der Waals surface area contributed by atoms with E-state index in [9.17, 15) is 15.2 Å². The highest BCUT2D eigenvalue weighted by atomic mass is 35.5. The Bertz CT molecular complexity index is 438. The van der Waals surface area contributed by atoms with Gasteiger partial charge in [0.25, 0.3) is 5.69 Å². The molecule has 0 unspecified atom stereocenters. The number of anilines is 1. The standard InChI is InChI=1S/C7H6ClN3O3S/c8-3-1-4(10-7(9)15)6(12)2-5(3)11(13)14/h1-2,12H,(H3,9,10,15). The van der Waals surface area contributed by atoms with Crippen LogP contribution in [-0.4, -0.2) is 15.1 Å². The van der Waals surface area contributed by atoms with Gasteiger partial charge in [-0.3, -0.25) is 10.1 Å². The summed E-state index contributed by atoms with van der Waals surface area (Å²) >= 11 is 10.1. The lowest BCUT2D eigenvalue weighted by atomic mass is 10.2. The van der Waals surface area contributed by atoms with Gasteiger partial charge in [-0.05, 0) is 18.3 Å². The normalized spacial score (nSPS) is 9.67. The second kappa shape index (κ2) is 4.28. The summed E-state index contributed by atoms with van der Waals surface area (Å²) in [4.78, 5) is 9.74. The molecular formula is C7H6ClN3O3S. The van der Waals surface area contributed by atoms with Crippen LogP contribution in [0.2, 0.25) is 5.02 Å². The van der Waals surface area contributed by atoms with Crippen LogP contribution in [0, 0.1) is 10.1 Å². The minimum Gasteiger partial charge on any atom is -0.506 e. The summed E-state index contributed by atoms with van der Waals surface area (Å²) in [5.41, 5.74) is 4.91. The van der Waals surface area contributed by atoms with E-state index in [-0.39, 0.29) is 27.3 Å². The highest BCUT2D eigenvalue weighted by Gasteiger charge is 2.16. The quantitative estimate of drug-likeness (QED) is 0.318. The first-order chi connectivity index (χ1) is 6.91. The summed E-state index contributed by atoms with van der Waals surface area (Å²) in [6.07, 6.45) is 0. The fraction of sp³-hybridized carbons (Fsp3) is 0. The van der Waals surface area contributed by atoms with Crippen LogP contribution in [0.4, 0.5) is 11.4 Å². The number of nitrogens with one attached hydrogen (secondary N) is 1. The van der Waals surface area contributed by atoms with Crippen LogP contribution in [0.1, 0.15) is 0 Å². The van der Waals surface area contributed by atoms with Crippen molar-refractivity contribution in [1.82, 2.24) is 0 Å². The van der Waals surface area contributed by atoms with Gasteiger partial charge in [-0.25, -0.2) is 0 Å². The molecule has 0 spiro atoms. The molecule has 0 atom stereocenters. The predicted molar refractivity (Wildman–Crippen MR) is 60.2 cm³/mol. The number of nitrogens with two attached hydrogens (primary N) is 1. The van der Waals surface area contributed by atoms with Crippen LogP contribution in [0.15, 0.2) is 12.1 Å². The third-order valence-electron chi connectivity index (χ3n) is 1.52. The van der Waals surface area contributed by atoms with Gasteiger partial charge < -0.3 is 16.2 Å². The molecule has 0 bridgehead atoms. The largest absolute Gasteiger partial charge is 0.506 e. The van der Waals surface area contributed by atoms with Crippen molar-refractivity contribution in [2.45, 2.75) is 0 Å². The minimum absolute atomic E-state index is 0.0739. The van der Waals surface area contributed by atoms with E-state index >= 15 is 0 Å². The Morgan fingerprint density at radius 1 is 1.67 bits per heavy atom. The van der Waals surface area contributed by atoms with Crippen molar-refractivity contribution in [3.63, 3.8) is 0 Å². The summed E-state index contributed by atoms with van der Waals surface area (Å²) in [5.74, 6) is -0.348. The molecule has 1 rings (SSSR count). The number of nitro groups is 1. The number of halogens is 1. The van der Waals surface area contributed by atoms with E-state index in [0.29, 0.717) is 0 Å². The molecule has 0 amide bonds. The fourth-order valence-corrected chi connectivity index (χ4v) is 1.27. The number of nitro benzene ring substituents is 1. The topological polar surface area (TPSA) is 101 Å². The first-order valence-electron chi connectivity index (χ1n) is 3.65.